The smallest absolute Gasteiger partial charge is 0.213 e. The van der Waals surface area contributed by atoms with E-state index in [1.807, 2.05) is 30.3 Å². The van der Waals surface area contributed by atoms with Crippen molar-refractivity contribution in [3.8, 4) is 5.75 Å². The van der Waals surface area contributed by atoms with Crippen LogP contribution in [0.4, 0.5) is 0 Å². The normalized spacial score (nSPS) is 21.7. The van der Waals surface area contributed by atoms with Gasteiger partial charge in [-0.25, -0.2) is 8.42 Å². The van der Waals surface area contributed by atoms with E-state index in [2.05, 4.69) is 0 Å². The van der Waals surface area contributed by atoms with Gasteiger partial charge in [0.25, 0.3) is 0 Å². The summed E-state index contributed by atoms with van der Waals surface area (Å²) in [7, 11) is -3.09. The molecule has 0 saturated carbocycles. The van der Waals surface area contributed by atoms with Crippen LogP contribution in [0.15, 0.2) is 30.3 Å². The van der Waals surface area contributed by atoms with Gasteiger partial charge in [0.1, 0.15) is 11.9 Å². The summed E-state index contributed by atoms with van der Waals surface area (Å²) in [6.07, 6.45) is 1.73. The topological polar surface area (TPSA) is 46.6 Å². The summed E-state index contributed by atoms with van der Waals surface area (Å²) in [6.45, 7) is 2.76. The Morgan fingerprint density at radius 3 is 2.72 bits per heavy atom. The molecule has 1 unspecified atom stereocenters. The van der Waals surface area contributed by atoms with Crippen LogP contribution in [0.2, 0.25) is 0 Å². The van der Waals surface area contributed by atoms with Crippen molar-refractivity contribution in [3.05, 3.63) is 30.3 Å². The summed E-state index contributed by atoms with van der Waals surface area (Å²) in [6, 6.07) is 9.56. The van der Waals surface area contributed by atoms with Crippen molar-refractivity contribution in [3.63, 3.8) is 0 Å². The lowest BCUT2D eigenvalue weighted by Crippen LogP contribution is -2.44. The first-order chi connectivity index (χ1) is 8.62. The third-order valence-corrected chi connectivity index (χ3v) is 4.99. The number of para-hydroxylation sites is 1. The Bertz CT molecular complexity index is 472. The highest BCUT2D eigenvalue weighted by atomic mass is 32.2. The molecule has 100 valence electrons. The molecule has 1 atom stereocenters. The highest BCUT2D eigenvalue weighted by Gasteiger charge is 2.28. The zero-order valence-corrected chi connectivity index (χ0v) is 11.4. The Kier molecular flexibility index (Phi) is 4.24. The number of piperidine rings is 1. The number of nitrogens with zero attached hydrogens (tertiary/aromatic N) is 1. The molecule has 0 amide bonds. The number of hydrogen-bond acceptors (Lipinski definition) is 3. The zero-order chi connectivity index (χ0) is 13.0. The van der Waals surface area contributed by atoms with Crippen molar-refractivity contribution in [2.45, 2.75) is 25.9 Å². The van der Waals surface area contributed by atoms with E-state index in [1.165, 1.54) is 0 Å². The third-order valence-electron chi connectivity index (χ3n) is 3.15. The maximum atomic E-state index is 11.8. The van der Waals surface area contributed by atoms with Gasteiger partial charge in [0.05, 0.1) is 12.3 Å². The molecule has 1 fully saturated rings. The van der Waals surface area contributed by atoms with Crippen LogP contribution in [0, 0.1) is 0 Å². The van der Waals surface area contributed by atoms with E-state index in [9.17, 15) is 8.42 Å². The van der Waals surface area contributed by atoms with E-state index in [1.54, 1.807) is 11.2 Å². The van der Waals surface area contributed by atoms with Crippen LogP contribution in [-0.4, -0.2) is 37.7 Å². The van der Waals surface area contributed by atoms with E-state index in [0.29, 0.717) is 13.1 Å². The molecule has 1 saturated heterocycles. The Morgan fingerprint density at radius 2 is 2.06 bits per heavy atom. The molecule has 1 aliphatic rings. The second kappa shape index (κ2) is 5.71. The van der Waals surface area contributed by atoms with Crippen molar-refractivity contribution >= 4 is 10.0 Å². The quantitative estimate of drug-likeness (QED) is 0.838. The third kappa shape index (κ3) is 3.23. The predicted octanol–water partition coefficient (Wildman–Crippen LogP) is 1.88. The first-order valence-electron chi connectivity index (χ1n) is 6.31. The first kappa shape index (κ1) is 13.4. The van der Waals surface area contributed by atoms with Crippen LogP contribution in [0.3, 0.4) is 0 Å². The molecule has 5 heteroatoms. The second-order valence-corrected chi connectivity index (χ2v) is 6.71. The van der Waals surface area contributed by atoms with Gasteiger partial charge in [-0.15, -0.1) is 0 Å². The highest BCUT2D eigenvalue weighted by Crippen LogP contribution is 2.19. The van der Waals surface area contributed by atoms with Crippen LogP contribution >= 0.6 is 0 Å². The summed E-state index contributed by atoms with van der Waals surface area (Å²) < 4.78 is 31.0. The van der Waals surface area contributed by atoms with Crippen LogP contribution in [-0.2, 0) is 10.0 Å². The minimum atomic E-state index is -3.09. The minimum absolute atomic E-state index is 0.0394. The molecule has 1 aromatic rings. The molecule has 1 aliphatic heterocycles. The molecule has 0 radical (unpaired) electrons. The Balaban J connectivity index is 1.99. The second-order valence-electron chi connectivity index (χ2n) is 4.45. The monoisotopic (exact) mass is 269 g/mol. The number of sulfonamides is 1. The molecule has 0 spiro atoms. The van der Waals surface area contributed by atoms with Crippen LogP contribution in [0.5, 0.6) is 5.75 Å². The van der Waals surface area contributed by atoms with E-state index >= 15 is 0 Å². The molecule has 2 rings (SSSR count). The van der Waals surface area contributed by atoms with Gasteiger partial charge in [-0.2, -0.15) is 4.31 Å². The van der Waals surface area contributed by atoms with Crippen LogP contribution in [0.1, 0.15) is 19.8 Å². The molecule has 0 bridgehead atoms. The molecule has 1 aromatic carbocycles. The Labute approximate surface area is 109 Å². The standard InChI is InChI=1S/C13H19NO3S/c1-2-18(15,16)14-10-6-9-13(11-14)17-12-7-4-3-5-8-12/h3-5,7-8,13H,2,6,9-11H2,1H3. The lowest BCUT2D eigenvalue weighted by atomic mass is 10.1. The number of benzene rings is 1. The Hall–Kier alpha value is -1.07. The molecule has 1 heterocycles. The lowest BCUT2D eigenvalue weighted by Gasteiger charge is -2.31. The molecular formula is C13H19NO3S. The predicted molar refractivity (Wildman–Crippen MR) is 71.1 cm³/mol. The van der Waals surface area contributed by atoms with Gasteiger partial charge in [0.15, 0.2) is 0 Å². The van der Waals surface area contributed by atoms with Crippen molar-refractivity contribution in [1.82, 2.24) is 4.31 Å². The van der Waals surface area contributed by atoms with Gasteiger partial charge < -0.3 is 4.74 Å². The molecule has 18 heavy (non-hydrogen) atoms. The Morgan fingerprint density at radius 1 is 1.33 bits per heavy atom. The van der Waals surface area contributed by atoms with E-state index in [4.69, 9.17) is 4.74 Å². The van der Waals surface area contributed by atoms with Crippen molar-refractivity contribution in [2.24, 2.45) is 0 Å². The molecular weight excluding hydrogens is 250 g/mol. The average Bonchev–Trinajstić information content (AvgIpc) is 2.40. The molecule has 0 N–H and O–H groups in total. The zero-order valence-electron chi connectivity index (χ0n) is 10.6. The number of hydrogen-bond donors (Lipinski definition) is 0. The minimum Gasteiger partial charge on any atom is -0.489 e. The maximum Gasteiger partial charge on any atom is 0.213 e. The van der Waals surface area contributed by atoms with Crippen molar-refractivity contribution in [1.29, 1.82) is 0 Å². The van der Waals surface area contributed by atoms with Gasteiger partial charge in [-0.05, 0) is 31.9 Å². The largest absolute Gasteiger partial charge is 0.489 e. The number of ether oxygens (including phenoxy) is 1. The molecule has 0 aromatic heterocycles. The van der Waals surface area contributed by atoms with Gasteiger partial charge >= 0.3 is 0 Å². The lowest BCUT2D eigenvalue weighted by molar-refractivity contribution is 0.130. The summed E-state index contributed by atoms with van der Waals surface area (Å²) in [5, 5.41) is 0. The summed E-state index contributed by atoms with van der Waals surface area (Å²) in [5.41, 5.74) is 0. The summed E-state index contributed by atoms with van der Waals surface area (Å²) in [4.78, 5) is 0. The molecule has 0 aliphatic carbocycles. The van der Waals surface area contributed by atoms with Crippen LogP contribution < -0.4 is 4.74 Å². The fourth-order valence-corrected chi connectivity index (χ4v) is 3.29. The van der Waals surface area contributed by atoms with E-state index < -0.39 is 10.0 Å². The summed E-state index contributed by atoms with van der Waals surface area (Å²) in [5.74, 6) is 0.962. The fraction of sp³-hybridized carbons (Fsp3) is 0.538. The van der Waals surface area contributed by atoms with E-state index in [-0.39, 0.29) is 11.9 Å². The fourth-order valence-electron chi connectivity index (χ4n) is 2.13. The van der Waals surface area contributed by atoms with Crippen molar-refractivity contribution in [2.75, 3.05) is 18.8 Å². The van der Waals surface area contributed by atoms with Gasteiger partial charge in [-0.1, -0.05) is 18.2 Å². The first-order valence-corrected chi connectivity index (χ1v) is 7.92. The average molecular weight is 269 g/mol. The summed E-state index contributed by atoms with van der Waals surface area (Å²) >= 11 is 0. The van der Waals surface area contributed by atoms with Crippen molar-refractivity contribution < 1.29 is 13.2 Å². The van der Waals surface area contributed by atoms with E-state index in [0.717, 1.165) is 18.6 Å². The van der Waals surface area contributed by atoms with Gasteiger partial charge in [0, 0.05) is 6.54 Å². The van der Waals surface area contributed by atoms with Gasteiger partial charge in [-0.3, -0.25) is 0 Å². The SMILES string of the molecule is CCS(=O)(=O)N1CCCC(Oc2ccccc2)C1. The number of rotatable bonds is 4. The maximum absolute atomic E-state index is 11.8. The van der Waals surface area contributed by atoms with Crippen LogP contribution in [0.25, 0.3) is 0 Å². The molecule has 4 nitrogen and oxygen atoms in total. The highest BCUT2D eigenvalue weighted by molar-refractivity contribution is 7.89. The van der Waals surface area contributed by atoms with Gasteiger partial charge in [0.2, 0.25) is 10.0 Å².